The normalized spacial score (nSPS) is 15.4. The second-order valence-electron chi connectivity index (χ2n) is 9.09. The molecule has 188 valence electrons. The average Bonchev–Trinajstić information content (AvgIpc) is 2.99. The van der Waals surface area contributed by atoms with Crippen LogP contribution in [0.4, 0.5) is 0 Å². The summed E-state index contributed by atoms with van der Waals surface area (Å²) in [5, 5.41) is 0. The second-order valence-corrected chi connectivity index (χ2v) is 9.09. The summed E-state index contributed by atoms with van der Waals surface area (Å²) in [7, 11) is 0. The van der Waals surface area contributed by atoms with E-state index in [1.165, 1.54) is 0 Å². The van der Waals surface area contributed by atoms with E-state index in [0.29, 0.717) is 13.1 Å². The lowest BCUT2D eigenvalue weighted by Gasteiger charge is -2.14. The zero-order chi connectivity index (χ0) is 25.8. The van der Waals surface area contributed by atoms with Crippen molar-refractivity contribution in [1.29, 1.82) is 0 Å². The van der Waals surface area contributed by atoms with Gasteiger partial charge >= 0.3 is 0 Å². The highest BCUT2D eigenvalue weighted by molar-refractivity contribution is 6.54. The summed E-state index contributed by atoms with van der Waals surface area (Å²) in [6, 6.07) is 41.5. The quantitative estimate of drug-likeness (QED) is 0.301. The lowest BCUT2D eigenvalue weighted by molar-refractivity contribution is 0.758. The first kappa shape index (κ1) is 25.2. The third-order valence-corrected chi connectivity index (χ3v) is 6.38. The van der Waals surface area contributed by atoms with E-state index in [1.54, 1.807) is 0 Å². The Bertz CT molecular complexity index is 1310. The topological polar surface area (TPSA) is 49.4 Å². The molecule has 1 heterocycles. The van der Waals surface area contributed by atoms with E-state index in [0.717, 1.165) is 71.0 Å². The van der Waals surface area contributed by atoms with Gasteiger partial charge in [-0.3, -0.25) is 20.0 Å². The molecule has 0 saturated heterocycles. The highest BCUT2D eigenvalue weighted by Gasteiger charge is 2.16. The van der Waals surface area contributed by atoms with Gasteiger partial charge in [-0.05, 0) is 12.8 Å². The van der Waals surface area contributed by atoms with Crippen LogP contribution in [0.3, 0.4) is 0 Å². The largest absolute Gasteiger partial charge is 0.282 e. The van der Waals surface area contributed by atoms with Crippen molar-refractivity contribution in [2.24, 2.45) is 20.0 Å². The molecule has 0 aliphatic carbocycles. The van der Waals surface area contributed by atoms with Crippen LogP contribution in [0.1, 0.15) is 35.1 Å². The second kappa shape index (κ2) is 13.2. The maximum absolute atomic E-state index is 5.10. The van der Waals surface area contributed by atoms with Crippen molar-refractivity contribution in [3.8, 4) is 0 Å². The molecule has 0 aromatic heterocycles. The predicted molar refractivity (Wildman–Crippen MR) is 161 cm³/mol. The fourth-order valence-corrected chi connectivity index (χ4v) is 4.52. The molecule has 0 spiro atoms. The summed E-state index contributed by atoms with van der Waals surface area (Å²) in [6.07, 6.45) is 1.89. The Morgan fingerprint density at radius 2 is 0.526 bits per heavy atom. The molecule has 1 aliphatic heterocycles. The number of hydrogen-bond donors (Lipinski definition) is 0. The predicted octanol–water partition coefficient (Wildman–Crippen LogP) is 6.74. The lowest BCUT2D eigenvalue weighted by Crippen LogP contribution is -2.21. The van der Waals surface area contributed by atoms with Gasteiger partial charge in [-0.25, -0.2) is 0 Å². The van der Waals surface area contributed by atoms with Gasteiger partial charge in [0.1, 0.15) is 0 Å². The van der Waals surface area contributed by atoms with E-state index >= 15 is 0 Å². The van der Waals surface area contributed by atoms with Crippen LogP contribution in [0.25, 0.3) is 0 Å². The number of benzene rings is 4. The van der Waals surface area contributed by atoms with Gasteiger partial charge in [0.15, 0.2) is 0 Å². The third kappa shape index (κ3) is 6.46. The lowest BCUT2D eigenvalue weighted by atomic mass is 9.99. The zero-order valence-corrected chi connectivity index (χ0v) is 21.6. The van der Waals surface area contributed by atoms with Crippen molar-refractivity contribution in [1.82, 2.24) is 0 Å². The van der Waals surface area contributed by atoms with E-state index < -0.39 is 0 Å². The monoisotopic (exact) mass is 496 g/mol. The van der Waals surface area contributed by atoms with E-state index in [1.807, 2.05) is 24.3 Å². The van der Waals surface area contributed by atoms with Gasteiger partial charge < -0.3 is 0 Å². The van der Waals surface area contributed by atoms with Gasteiger partial charge in [0.2, 0.25) is 0 Å². The van der Waals surface area contributed by atoms with Crippen molar-refractivity contribution in [3.05, 3.63) is 144 Å². The van der Waals surface area contributed by atoms with Gasteiger partial charge in [-0.2, -0.15) is 0 Å². The van der Waals surface area contributed by atoms with Crippen LogP contribution in [0.2, 0.25) is 0 Å². The first-order chi connectivity index (χ1) is 18.9. The molecule has 38 heavy (non-hydrogen) atoms. The van der Waals surface area contributed by atoms with Gasteiger partial charge in [0.25, 0.3) is 0 Å². The Balaban J connectivity index is 1.57. The Kier molecular flexibility index (Phi) is 8.76. The van der Waals surface area contributed by atoms with Crippen molar-refractivity contribution >= 4 is 22.8 Å². The molecule has 0 fully saturated rings. The molecule has 0 unspecified atom stereocenters. The summed E-state index contributed by atoms with van der Waals surface area (Å²) in [5.41, 5.74) is 8.02. The first-order valence-electron chi connectivity index (χ1n) is 13.3. The van der Waals surface area contributed by atoms with Crippen LogP contribution in [0.15, 0.2) is 141 Å². The minimum absolute atomic E-state index is 0.550. The van der Waals surface area contributed by atoms with E-state index in [9.17, 15) is 0 Å². The third-order valence-electron chi connectivity index (χ3n) is 6.38. The van der Waals surface area contributed by atoms with Crippen LogP contribution < -0.4 is 0 Å². The number of aliphatic imine (C=N–C) groups is 4. The molecule has 5 rings (SSSR count). The van der Waals surface area contributed by atoms with Crippen molar-refractivity contribution in [3.63, 3.8) is 0 Å². The van der Waals surface area contributed by atoms with Crippen LogP contribution >= 0.6 is 0 Å². The van der Waals surface area contributed by atoms with Gasteiger partial charge in [-0.1, -0.05) is 121 Å². The summed E-state index contributed by atoms with van der Waals surface area (Å²) < 4.78 is 0. The highest BCUT2D eigenvalue weighted by Crippen LogP contribution is 2.14. The van der Waals surface area contributed by atoms with Crippen LogP contribution in [-0.2, 0) is 0 Å². The molecule has 4 aromatic carbocycles. The summed E-state index contributed by atoms with van der Waals surface area (Å²) in [5.74, 6) is 0. The molecule has 4 nitrogen and oxygen atoms in total. The molecule has 0 amide bonds. The molecule has 1 aliphatic rings. The summed E-state index contributed by atoms with van der Waals surface area (Å²) in [4.78, 5) is 20.4. The van der Waals surface area contributed by atoms with Crippen molar-refractivity contribution < 1.29 is 0 Å². The Hall–Kier alpha value is -4.44. The molecular weight excluding hydrogens is 464 g/mol. The number of nitrogens with zero attached hydrogens (tertiary/aromatic N) is 4. The fraction of sp³-hybridized carbons (Fsp3) is 0.176. The fourth-order valence-electron chi connectivity index (χ4n) is 4.52. The molecule has 0 N–H and O–H groups in total. The Labute approximate surface area is 225 Å². The molecule has 4 heteroatoms. The van der Waals surface area contributed by atoms with E-state index in [4.69, 9.17) is 20.0 Å². The molecule has 0 saturated carbocycles. The number of rotatable bonds is 4. The number of hydrogen-bond acceptors (Lipinski definition) is 4. The maximum atomic E-state index is 5.10. The average molecular weight is 497 g/mol. The van der Waals surface area contributed by atoms with Crippen LogP contribution in [0.5, 0.6) is 0 Å². The summed E-state index contributed by atoms with van der Waals surface area (Å²) in [6.45, 7) is 2.56. The summed E-state index contributed by atoms with van der Waals surface area (Å²) >= 11 is 0. The molecule has 0 atom stereocenters. The van der Waals surface area contributed by atoms with Crippen molar-refractivity contribution in [2.45, 2.75) is 12.8 Å². The Morgan fingerprint density at radius 3 is 0.789 bits per heavy atom. The zero-order valence-electron chi connectivity index (χ0n) is 21.6. The highest BCUT2D eigenvalue weighted by atomic mass is 14.9. The molecule has 4 aromatic rings. The minimum Gasteiger partial charge on any atom is -0.282 e. The molecular formula is C34H32N4. The van der Waals surface area contributed by atoms with Crippen LogP contribution in [0, 0.1) is 0 Å². The SMILES string of the molecule is c1ccc(C2=NCCCCN=C(c3ccccc3)C(c3ccccc3)=NCCN=C2c2ccccc2)cc1. The van der Waals surface area contributed by atoms with E-state index in [2.05, 4.69) is 97.1 Å². The van der Waals surface area contributed by atoms with Crippen molar-refractivity contribution in [2.75, 3.05) is 26.2 Å². The molecule has 0 bridgehead atoms. The van der Waals surface area contributed by atoms with Crippen LogP contribution in [-0.4, -0.2) is 49.0 Å². The standard InChI is InChI=1S/C34H32N4/c1-5-15-27(16-6-1)31-33(29-19-9-3-10-20-29)37-25-26-38-34(30-21-11-4-12-22-30)32(28-17-7-2-8-18-28)36-24-14-13-23-35-31/h1-12,15-22H,13-14,23-26H2. The maximum Gasteiger partial charge on any atom is 0.0905 e. The Morgan fingerprint density at radius 1 is 0.289 bits per heavy atom. The molecule has 0 radical (unpaired) electrons. The van der Waals surface area contributed by atoms with E-state index in [-0.39, 0.29) is 0 Å². The smallest absolute Gasteiger partial charge is 0.0905 e. The minimum atomic E-state index is 0.550. The van der Waals surface area contributed by atoms with Gasteiger partial charge in [-0.15, -0.1) is 0 Å². The van der Waals surface area contributed by atoms with Gasteiger partial charge in [0, 0.05) is 35.3 Å². The first-order valence-corrected chi connectivity index (χ1v) is 13.3. The van der Waals surface area contributed by atoms with Gasteiger partial charge in [0.05, 0.1) is 35.9 Å².